The van der Waals surface area contributed by atoms with Gasteiger partial charge in [-0.1, -0.05) is 12.1 Å². The van der Waals surface area contributed by atoms with Crippen LogP contribution in [0, 0.1) is 6.07 Å². The van der Waals surface area contributed by atoms with E-state index >= 15 is 0 Å². The molecule has 0 aliphatic rings. The second-order valence-electron chi connectivity index (χ2n) is 6.38. The average molecular weight is 645 g/mol. The van der Waals surface area contributed by atoms with Crippen molar-refractivity contribution in [2.24, 2.45) is 0 Å². The molecule has 5 nitrogen and oxygen atoms in total. The number of benzene rings is 1. The number of aliphatic hydroxyl groups excluding tert-OH is 1. The monoisotopic (exact) mass is 645 g/mol. The Balaban J connectivity index is 0.000000241. The van der Waals surface area contributed by atoms with Gasteiger partial charge >= 0.3 is 5.97 Å². The number of ether oxygens (including phenoxy) is 2. The third-order valence-electron chi connectivity index (χ3n) is 3.99. The number of thiophene rings is 2. The van der Waals surface area contributed by atoms with Crippen LogP contribution in [0.15, 0.2) is 82.3 Å². The van der Waals surface area contributed by atoms with Crippen LogP contribution in [0.5, 0.6) is 0 Å². The van der Waals surface area contributed by atoms with Crippen LogP contribution in [0.1, 0.15) is 17.5 Å². The zero-order chi connectivity index (χ0) is 21.7. The van der Waals surface area contributed by atoms with Crippen LogP contribution < -0.4 is 0 Å². The van der Waals surface area contributed by atoms with Gasteiger partial charge in [0.1, 0.15) is 6.61 Å². The SMILES string of the molecule is O=C(CC(O)OCc1ccsc1)OCc1ccsc1.[Ir].[c-]1ccccc1-c1ccccn1. The van der Waals surface area contributed by atoms with Crippen molar-refractivity contribution in [3.63, 3.8) is 0 Å². The molecule has 0 fully saturated rings. The van der Waals surface area contributed by atoms with Crippen LogP contribution in [-0.4, -0.2) is 22.3 Å². The van der Waals surface area contributed by atoms with Gasteiger partial charge < -0.3 is 19.6 Å². The van der Waals surface area contributed by atoms with Gasteiger partial charge in [-0.15, -0.1) is 35.9 Å². The number of aromatic nitrogens is 1. The Bertz CT molecular complexity index is 960. The summed E-state index contributed by atoms with van der Waals surface area (Å²) < 4.78 is 10.2. The molecule has 3 aromatic heterocycles. The fourth-order valence-electron chi connectivity index (χ4n) is 2.44. The Kier molecular flexibility index (Phi) is 12.0. The number of hydrogen-bond acceptors (Lipinski definition) is 7. The van der Waals surface area contributed by atoms with Crippen molar-refractivity contribution in [3.05, 3.63) is 99.5 Å². The molecule has 1 aromatic carbocycles. The number of carbonyl (C=O) groups is 1. The molecule has 0 aliphatic carbocycles. The summed E-state index contributed by atoms with van der Waals surface area (Å²) in [6.07, 6.45) is 0.500. The first-order valence-corrected chi connectivity index (χ1v) is 11.4. The zero-order valence-corrected chi connectivity index (χ0v) is 21.1. The topological polar surface area (TPSA) is 68.7 Å². The summed E-state index contributed by atoms with van der Waals surface area (Å²) in [6, 6.07) is 20.6. The van der Waals surface area contributed by atoms with Crippen LogP contribution in [0.2, 0.25) is 0 Å². The van der Waals surface area contributed by atoms with Crippen LogP contribution in [0.3, 0.4) is 0 Å². The predicted octanol–water partition coefficient (Wildman–Crippen LogP) is 5.32. The molecule has 0 saturated heterocycles. The summed E-state index contributed by atoms with van der Waals surface area (Å²) in [5, 5.41) is 17.3. The van der Waals surface area contributed by atoms with E-state index in [-0.39, 0.29) is 33.1 Å². The second kappa shape index (κ2) is 14.8. The van der Waals surface area contributed by atoms with Crippen molar-refractivity contribution in [2.75, 3.05) is 0 Å². The molecule has 3 heterocycles. The molecular formula is C24H22IrNO4S2-. The molecule has 1 radical (unpaired) electrons. The Hall–Kier alpha value is -2.19. The Morgan fingerprint density at radius 2 is 1.72 bits per heavy atom. The fraction of sp³-hybridized carbons (Fsp3) is 0.167. The van der Waals surface area contributed by atoms with E-state index in [9.17, 15) is 9.90 Å². The van der Waals surface area contributed by atoms with Crippen molar-refractivity contribution >= 4 is 28.6 Å². The minimum absolute atomic E-state index is 0. The first kappa shape index (κ1) is 26.1. The molecule has 0 spiro atoms. The molecule has 1 atom stereocenters. The van der Waals surface area contributed by atoms with Crippen molar-refractivity contribution in [1.82, 2.24) is 4.98 Å². The third-order valence-corrected chi connectivity index (χ3v) is 5.46. The van der Waals surface area contributed by atoms with Crippen LogP contribution in [0.25, 0.3) is 11.3 Å². The first-order valence-electron chi connectivity index (χ1n) is 9.56. The number of hydrogen-bond donors (Lipinski definition) is 1. The average Bonchev–Trinajstić information content (AvgIpc) is 3.52. The van der Waals surface area contributed by atoms with E-state index in [4.69, 9.17) is 9.47 Å². The molecule has 32 heavy (non-hydrogen) atoms. The molecule has 0 amide bonds. The van der Waals surface area contributed by atoms with Crippen LogP contribution >= 0.6 is 22.7 Å². The van der Waals surface area contributed by atoms with Crippen molar-refractivity contribution in [1.29, 1.82) is 0 Å². The number of carbonyl (C=O) groups excluding carboxylic acids is 1. The van der Waals surface area contributed by atoms with E-state index in [1.54, 1.807) is 28.9 Å². The van der Waals surface area contributed by atoms with Gasteiger partial charge in [0, 0.05) is 31.9 Å². The van der Waals surface area contributed by atoms with Gasteiger partial charge in [-0.3, -0.25) is 4.79 Å². The molecule has 1 unspecified atom stereocenters. The van der Waals surface area contributed by atoms with E-state index in [1.807, 2.05) is 76.1 Å². The molecule has 0 saturated carbocycles. The maximum atomic E-state index is 11.5. The molecule has 0 aliphatic heterocycles. The molecule has 1 N–H and O–H groups in total. The van der Waals surface area contributed by atoms with Gasteiger partial charge in [0.05, 0.1) is 13.0 Å². The summed E-state index contributed by atoms with van der Waals surface area (Å²) in [6.45, 7) is 0.530. The van der Waals surface area contributed by atoms with Gasteiger partial charge in [-0.05, 0) is 51.0 Å². The van der Waals surface area contributed by atoms with E-state index in [0.29, 0.717) is 6.61 Å². The van der Waals surface area contributed by atoms with Gasteiger partial charge in [-0.2, -0.15) is 22.7 Å². The number of rotatable bonds is 8. The van der Waals surface area contributed by atoms with E-state index in [2.05, 4.69) is 11.1 Å². The van der Waals surface area contributed by atoms with Crippen molar-refractivity contribution in [2.45, 2.75) is 25.9 Å². The molecule has 169 valence electrons. The van der Waals surface area contributed by atoms with E-state index < -0.39 is 12.3 Å². The Morgan fingerprint density at radius 1 is 1.00 bits per heavy atom. The summed E-state index contributed by atoms with van der Waals surface area (Å²) >= 11 is 3.11. The van der Waals surface area contributed by atoms with Crippen molar-refractivity contribution in [3.8, 4) is 11.3 Å². The van der Waals surface area contributed by atoms with E-state index in [0.717, 1.165) is 22.4 Å². The molecule has 4 aromatic rings. The maximum Gasteiger partial charge on any atom is 0.311 e. The number of nitrogens with zero attached hydrogens (tertiary/aromatic N) is 1. The summed E-state index contributed by atoms with van der Waals surface area (Å²) in [5.74, 6) is -0.469. The Labute approximate surface area is 209 Å². The van der Waals surface area contributed by atoms with Crippen LogP contribution in [-0.2, 0) is 47.6 Å². The number of esters is 1. The third kappa shape index (κ3) is 9.52. The number of aliphatic hydroxyl groups is 1. The summed E-state index contributed by atoms with van der Waals surface area (Å²) in [5.41, 5.74) is 3.94. The molecule has 0 bridgehead atoms. The van der Waals surface area contributed by atoms with E-state index in [1.165, 1.54) is 0 Å². The molecule has 8 heteroatoms. The van der Waals surface area contributed by atoms with Gasteiger partial charge in [0.15, 0.2) is 6.29 Å². The molecule has 4 rings (SSSR count). The first-order chi connectivity index (χ1) is 15.2. The summed E-state index contributed by atoms with van der Waals surface area (Å²) in [7, 11) is 0. The maximum absolute atomic E-state index is 11.5. The zero-order valence-electron chi connectivity index (χ0n) is 17.1. The quantitative estimate of drug-likeness (QED) is 0.160. The molecular weight excluding hydrogens is 623 g/mol. The minimum Gasteiger partial charge on any atom is -0.461 e. The van der Waals surface area contributed by atoms with Gasteiger partial charge in [0.25, 0.3) is 0 Å². The minimum atomic E-state index is -1.13. The summed E-state index contributed by atoms with van der Waals surface area (Å²) in [4.78, 5) is 15.7. The Morgan fingerprint density at radius 3 is 2.31 bits per heavy atom. The van der Waals surface area contributed by atoms with Crippen molar-refractivity contribution < 1.29 is 39.5 Å². The standard InChI is InChI=1S/C13H14O4S2.C11H8N.Ir/c14-12(16-6-10-1-3-18-8-10)5-13(15)17-7-11-2-4-19-9-11;1-2-6-10(7-3-1)11-8-4-5-9-12-11;/h1-4,8-9,12,14H,5-7H2;1-6,8-9H;/q;-1;. The largest absolute Gasteiger partial charge is 0.461 e. The second-order valence-corrected chi connectivity index (χ2v) is 7.94. The van der Waals surface area contributed by atoms with Gasteiger partial charge in [0.2, 0.25) is 0 Å². The van der Waals surface area contributed by atoms with Crippen LogP contribution in [0.4, 0.5) is 0 Å². The fourth-order valence-corrected chi connectivity index (χ4v) is 3.75. The normalized spacial score (nSPS) is 10.9. The predicted molar refractivity (Wildman–Crippen MR) is 122 cm³/mol. The smallest absolute Gasteiger partial charge is 0.311 e. The van der Waals surface area contributed by atoms with Gasteiger partial charge in [-0.25, -0.2) is 0 Å². The number of pyridine rings is 1.